The molecule has 0 aliphatic carbocycles. The molecule has 2 N–H and O–H groups in total. The molecule has 1 heterocycles. The fourth-order valence-electron chi connectivity index (χ4n) is 2.38. The highest BCUT2D eigenvalue weighted by Crippen LogP contribution is 2.24. The Kier molecular flexibility index (Phi) is 5.23. The minimum Gasteiger partial charge on any atom is -0.378 e. The number of aromatic nitrogens is 2. The molecule has 0 amide bonds. The van der Waals surface area contributed by atoms with Gasteiger partial charge in [0.1, 0.15) is 11.6 Å². The van der Waals surface area contributed by atoms with Crippen LogP contribution in [0.5, 0.6) is 0 Å². The number of hydrogen-bond donors (Lipinski definition) is 2. The lowest BCUT2D eigenvalue weighted by molar-refractivity contribution is 0.628. The fraction of sp³-hybridized carbons (Fsp3) is 0.158. The predicted molar refractivity (Wildman–Crippen MR) is 106 cm³/mol. The lowest BCUT2D eigenvalue weighted by atomic mass is 10.2. The third-order valence-electron chi connectivity index (χ3n) is 3.69. The largest absolute Gasteiger partial charge is 0.378 e. The number of benzene rings is 2. The summed E-state index contributed by atoms with van der Waals surface area (Å²) in [4.78, 5) is 10.9. The summed E-state index contributed by atoms with van der Waals surface area (Å²) in [6, 6.07) is 14.2. The molecule has 26 heavy (non-hydrogen) atoms. The summed E-state index contributed by atoms with van der Waals surface area (Å²) in [5, 5.41) is 6.36. The van der Waals surface area contributed by atoms with Crippen LogP contribution in [0.2, 0.25) is 5.02 Å². The van der Waals surface area contributed by atoms with E-state index in [1.807, 2.05) is 50.2 Å². The van der Waals surface area contributed by atoms with Gasteiger partial charge in [0.15, 0.2) is 0 Å². The van der Waals surface area contributed by atoms with Crippen LogP contribution in [0.1, 0.15) is 5.69 Å². The maximum absolute atomic E-state index is 13.3. The van der Waals surface area contributed by atoms with Gasteiger partial charge in [-0.2, -0.15) is 4.98 Å². The first-order valence-electron chi connectivity index (χ1n) is 8.03. The van der Waals surface area contributed by atoms with Crippen molar-refractivity contribution in [2.75, 3.05) is 29.6 Å². The smallest absolute Gasteiger partial charge is 0.229 e. The molecule has 0 aliphatic rings. The van der Waals surface area contributed by atoms with Gasteiger partial charge in [-0.25, -0.2) is 9.37 Å². The lowest BCUT2D eigenvalue weighted by Crippen LogP contribution is -2.08. The van der Waals surface area contributed by atoms with Gasteiger partial charge in [-0.1, -0.05) is 11.6 Å². The molecule has 5 nitrogen and oxygen atoms in total. The van der Waals surface area contributed by atoms with Gasteiger partial charge in [0.05, 0.1) is 5.02 Å². The summed E-state index contributed by atoms with van der Waals surface area (Å²) >= 11 is 5.82. The SMILES string of the molecule is Cc1cc(Nc2ccc(F)c(Cl)c2)nc(Nc2ccc(N(C)C)cc2)n1. The summed E-state index contributed by atoms with van der Waals surface area (Å²) in [6.07, 6.45) is 0. The average molecular weight is 372 g/mol. The summed E-state index contributed by atoms with van der Waals surface area (Å²) in [5.74, 6) is 0.602. The highest BCUT2D eigenvalue weighted by atomic mass is 35.5. The maximum Gasteiger partial charge on any atom is 0.229 e. The van der Waals surface area contributed by atoms with Gasteiger partial charge in [-0.15, -0.1) is 0 Å². The van der Waals surface area contributed by atoms with Crippen molar-refractivity contribution in [3.8, 4) is 0 Å². The topological polar surface area (TPSA) is 53.1 Å². The van der Waals surface area contributed by atoms with Crippen molar-refractivity contribution in [3.63, 3.8) is 0 Å². The number of nitrogens with one attached hydrogen (secondary N) is 2. The Hall–Kier alpha value is -2.86. The molecule has 0 radical (unpaired) electrons. The first-order valence-corrected chi connectivity index (χ1v) is 8.41. The Morgan fingerprint density at radius 1 is 0.923 bits per heavy atom. The Labute approximate surface area is 156 Å². The number of nitrogens with zero attached hydrogens (tertiary/aromatic N) is 3. The first-order chi connectivity index (χ1) is 12.4. The minimum atomic E-state index is -0.459. The lowest BCUT2D eigenvalue weighted by Gasteiger charge is -2.13. The van der Waals surface area contributed by atoms with E-state index in [9.17, 15) is 4.39 Å². The molecule has 0 atom stereocenters. The molecule has 0 unspecified atom stereocenters. The molecule has 2 aromatic carbocycles. The van der Waals surface area contributed by atoms with Gasteiger partial charge >= 0.3 is 0 Å². The molecule has 134 valence electrons. The second-order valence-electron chi connectivity index (χ2n) is 6.04. The number of rotatable bonds is 5. The van der Waals surface area contributed by atoms with Crippen LogP contribution in [-0.2, 0) is 0 Å². The standard InChI is InChI=1S/C19H19ClFN5/c1-12-10-18(23-14-6-9-17(21)16(20)11-14)25-19(22-12)24-13-4-7-15(8-5-13)26(2)3/h4-11H,1-3H3,(H2,22,23,24,25). The van der Waals surface area contributed by atoms with Crippen LogP contribution >= 0.6 is 11.6 Å². The molecule has 0 saturated heterocycles. The van der Waals surface area contributed by atoms with Crippen LogP contribution in [0.4, 0.5) is 33.2 Å². The first kappa shape index (κ1) is 17.9. The number of halogens is 2. The van der Waals surface area contributed by atoms with E-state index in [0.29, 0.717) is 17.5 Å². The molecule has 0 spiro atoms. The van der Waals surface area contributed by atoms with Crippen molar-refractivity contribution >= 4 is 40.4 Å². The van der Waals surface area contributed by atoms with Gasteiger partial charge in [0.25, 0.3) is 0 Å². The van der Waals surface area contributed by atoms with Crippen LogP contribution < -0.4 is 15.5 Å². The zero-order valence-corrected chi connectivity index (χ0v) is 15.5. The minimum absolute atomic E-state index is 0.0557. The quantitative estimate of drug-likeness (QED) is 0.651. The highest BCUT2D eigenvalue weighted by molar-refractivity contribution is 6.31. The Bertz CT molecular complexity index is 912. The third-order valence-corrected chi connectivity index (χ3v) is 3.98. The van der Waals surface area contributed by atoms with E-state index in [1.54, 1.807) is 12.1 Å². The van der Waals surface area contributed by atoms with E-state index >= 15 is 0 Å². The van der Waals surface area contributed by atoms with E-state index in [-0.39, 0.29) is 5.02 Å². The normalized spacial score (nSPS) is 10.5. The predicted octanol–water partition coefficient (Wildman–Crippen LogP) is 5.13. The zero-order valence-electron chi connectivity index (χ0n) is 14.7. The Balaban J connectivity index is 1.79. The second-order valence-corrected chi connectivity index (χ2v) is 6.45. The summed E-state index contributed by atoms with van der Waals surface area (Å²) in [7, 11) is 3.98. The average Bonchev–Trinajstić information content (AvgIpc) is 2.58. The third kappa shape index (κ3) is 4.40. The number of aryl methyl sites for hydroxylation is 1. The molecule has 0 fully saturated rings. The van der Waals surface area contributed by atoms with Crippen molar-refractivity contribution in [1.82, 2.24) is 9.97 Å². The molecule has 3 rings (SSSR count). The summed E-state index contributed by atoms with van der Waals surface area (Å²) in [5.41, 5.74) is 3.44. The van der Waals surface area contributed by atoms with E-state index in [0.717, 1.165) is 17.1 Å². The van der Waals surface area contributed by atoms with E-state index < -0.39 is 5.82 Å². The molecule has 0 aliphatic heterocycles. The molecular formula is C19H19ClFN5. The van der Waals surface area contributed by atoms with E-state index in [1.165, 1.54) is 12.1 Å². The molecular weight excluding hydrogens is 353 g/mol. The molecule has 7 heteroatoms. The second kappa shape index (κ2) is 7.58. The fourth-order valence-corrected chi connectivity index (χ4v) is 2.56. The van der Waals surface area contributed by atoms with Crippen LogP contribution in [0.25, 0.3) is 0 Å². The van der Waals surface area contributed by atoms with Gasteiger partial charge in [-0.3, -0.25) is 0 Å². The van der Waals surface area contributed by atoms with Crippen molar-refractivity contribution < 1.29 is 4.39 Å². The Morgan fingerprint density at radius 3 is 2.27 bits per heavy atom. The zero-order chi connectivity index (χ0) is 18.7. The van der Waals surface area contributed by atoms with Crippen molar-refractivity contribution in [2.24, 2.45) is 0 Å². The molecule has 0 saturated carbocycles. The monoisotopic (exact) mass is 371 g/mol. The highest BCUT2D eigenvalue weighted by Gasteiger charge is 2.06. The van der Waals surface area contributed by atoms with Crippen LogP contribution in [0.15, 0.2) is 48.5 Å². The van der Waals surface area contributed by atoms with Gasteiger partial charge in [0.2, 0.25) is 5.95 Å². The van der Waals surface area contributed by atoms with Crippen LogP contribution in [-0.4, -0.2) is 24.1 Å². The van der Waals surface area contributed by atoms with Crippen LogP contribution in [0, 0.1) is 12.7 Å². The number of hydrogen-bond acceptors (Lipinski definition) is 5. The Morgan fingerprint density at radius 2 is 1.62 bits per heavy atom. The maximum atomic E-state index is 13.3. The van der Waals surface area contributed by atoms with Gasteiger partial charge in [0, 0.05) is 42.9 Å². The summed E-state index contributed by atoms with van der Waals surface area (Å²) in [6.45, 7) is 1.88. The molecule has 0 bridgehead atoms. The molecule has 1 aromatic heterocycles. The molecule has 3 aromatic rings. The van der Waals surface area contributed by atoms with Gasteiger partial charge in [-0.05, 0) is 49.4 Å². The van der Waals surface area contributed by atoms with E-state index in [2.05, 4.69) is 20.6 Å². The summed E-state index contributed by atoms with van der Waals surface area (Å²) < 4.78 is 13.3. The van der Waals surface area contributed by atoms with Crippen molar-refractivity contribution in [2.45, 2.75) is 6.92 Å². The van der Waals surface area contributed by atoms with E-state index in [4.69, 9.17) is 11.6 Å². The number of anilines is 5. The van der Waals surface area contributed by atoms with Crippen molar-refractivity contribution in [3.05, 3.63) is 65.1 Å². The van der Waals surface area contributed by atoms with Crippen LogP contribution in [0.3, 0.4) is 0 Å². The van der Waals surface area contributed by atoms with Gasteiger partial charge < -0.3 is 15.5 Å². The van der Waals surface area contributed by atoms with Crippen molar-refractivity contribution in [1.29, 1.82) is 0 Å².